The number of hydrogen-bond acceptors (Lipinski definition) is 5. The molecule has 0 unspecified atom stereocenters. The van der Waals surface area contributed by atoms with Crippen LogP contribution >= 0.6 is 0 Å². The lowest BCUT2D eigenvalue weighted by atomic mass is 10.7. The van der Waals surface area contributed by atoms with Crippen molar-refractivity contribution in [3.05, 3.63) is 12.7 Å². The predicted octanol–water partition coefficient (Wildman–Crippen LogP) is 0.457. The zero-order valence-electron chi connectivity index (χ0n) is 8.65. The van der Waals surface area contributed by atoms with Gasteiger partial charge in [0.25, 0.3) is 0 Å². The first-order valence-corrected chi connectivity index (χ1v) is 5.41. The Balaban J connectivity index is 3.08. The van der Waals surface area contributed by atoms with E-state index in [0.29, 0.717) is 19.8 Å². The molecule has 0 bridgehead atoms. The molecule has 6 heteroatoms. The van der Waals surface area contributed by atoms with Gasteiger partial charge in [0, 0.05) is 14.2 Å². The zero-order valence-corrected chi connectivity index (χ0v) is 9.65. The summed E-state index contributed by atoms with van der Waals surface area (Å²) < 4.78 is 25.0. The second kappa shape index (κ2) is 10.8. The van der Waals surface area contributed by atoms with Crippen LogP contribution in [0.1, 0.15) is 0 Å². The monoisotopic (exact) mass is 221 g/mol. The highest BCUT2D eigenvalue weighted by atomic mass is 28.3. The van der Waals surface area contributed by atoms with Crippen LogP contribution in [-0.2, 0) is 22.8 Å². The lowest BCUT2D eigenvalue weighted by Gasteiger charge is -2.09. The summed E-state index contributed by atoms with van der Waals surface area (Å²) in [7, 11) is 1.46. The van der Waals surface area contributed by atoms with Gasteiger partial charge in [-0.25, -0.2) is 0 Å². The maximum Gasteiger partial charge on any atom is 0.578 e. The van der Waals surface area contributed by atoms with E-state index in [1.165, 1.54) is 14.2 Å². The Hall–Kier alpha value is -0.243. The molecule has 0 aromatic carbocycles. The second-order valence-corrected chi connectivity index (χ2v) is 3.80. The summed E-state index contributed by atoms with van der Waals surface area (Å²) in [6.45, 7) is 5.23. The molecule has 5 nitrogen and oxygen atoms in total. The van der Waals surface area contributed by atoms with Gasteiger partial charge in [-0.3, -0.25) is 0 Å². The van der Waals surface area contributed by atoms with Crippen molar-refractivity contribution < 1.29 is 22.8 Å². The van der Waals surface area contributed by atoms with E-state index in [4.69, 9.17) is 22.8 Å². The van der Waals surface area contributed by atoms with Crippen LogP contribution in [0.4, 0.5) is 0 Å². The summed E-state index contributed by atoms with van der Waals surface area (Å²) in [5.41, 5.74) is 0. The molecule has 0 rings (SSSR count). The Morgan fingerprint density at radius 1 is 1.14 bits per heavy atom. The van der Waals surface area contributed by atoms with Gasteiger partial charge in [-0.1, -0.05) is 6.08 Å². The third-order valence-electron chi connectivity index (χ3n) is 1.20. The zero-order chi connectivity index (χ0) is 10.6. The fourth-order valence-corrected chi connectivity index (χ4v) is 1.22. The standard InChI is InChI=1S/C8H17O5Si/c1-4-5-11-6-7-12-8-13-14(9-2)10-3/h4H,1,5-8H2,2-3H3. The number of rotatable bonds is 10. The molecule has 14 heavy (non-hydrogen) atoms. The molecule has 0 amide bonds. The van der Waals surface area contributed by atoms with Gasteiger partial charge in [0.05, 0.1) is 19.8 Å². The maximum absolute atomic E-state index is 5.11. The molecule has 0 aromatic rings. The third kappa shape index (κ3) is 8.36. The predicted molar refractivity (Wildman–Crippen MR) is 52.7 cm³/mol. The molecule has 83 valence electrons. The van der Waals surface area contributed by atoms with Gasteiger partial charge in [0.15, 0.2) is 0 Å². The summed E-state index contributed by atoms with van der Waals surface area (Å²) in [4.78, 5) is 0. The average molecular weight is 221 g/mol. The molecule has 1 radical (unpaired) electrons. The quantitative estimate of drug-likeness (QED) is 0.232. The van der Waals surface area contributed by atoms with Gasteiger partial charge < -0.3 is 22.8 Å². The first-order valence-electron chi connectivity index (χ1n) is 4.19. The molecule has 0 aliphatic rings. The van der Waals surface area contributed by atoms with Crippen LogP contribution in [0.5, 0.6) is 0 Å². The molecule has 0 N–H and O–H groups in total. The van der Waals surface area contributed by atoms with E-state index in [1.54, 1.807) is 6.08 Å². The SMILES string of the molecule is C=CCOCCOCO[Si](OC)OC. The maximum atomic E-state index is 5.11. The fraction of sp³-hybridized carbons (Fsp3) is 0.750. The van der Waals surface area contributed by atoms with Crippen molar-refractivity contribution in [1.29, 1.82) is 0 Å². The van der Waals surface area contributed by atoms with E-state index in [1.807, 2.05) is 0 Å². The molecule has 0 fully saturated rings. The Morgan fingerprint density at radius 3 is 2.36 bits per heavy atom. The van der Waals surface area contributed by atoms with E-state index in [2.05, 4.69) is 6.58 Å². The minimum atomic E-state index is -1.60. The molecule has 0 aliphatic carbocycles. The normalized spacial score (nSPS) is 10.8. The topological polar surface area (TPSA) is 46.2 Å². The van der Waals surface area contributed by atoms with Crippen molar-refractivity contribution in [1.82, 2.24) is 0 Å². The summed E-state index contributed by atoms with van der Waals surface area (Å²) >= 11 is 0. The molecule has 0 atom stereocenters. The Bertz CT molecular complexity index is 129. The van der Waals surface area contributed by atoms with Crippen LogP contribution in [0.15, 0.2) is 12.7 Å². The minimum Gasteiger partial charge on any atom is -0.375 e. The van der Waals surface area contributed by atoms with Gasteiger partial charge in [-0.05, 0) is 0 Å². The van der Waals surface area contributed by atoms with E-state index >= 15 is 0 Å². The molecule has 0 spiro atoms. The molecular weight excluding hydrogens is 204 g/mol. The fourth-order valence-electron chi connectivity index (χ4n) is 0.634. The van der Waals surface area contributed by atoms with Gasteiger partial charge in [0.1, 0.15) is 6.79 Å². The highest BCUT2D eigenvalue weighted by Gasteiger charge is 2.13. The summed E-state index contributed by atoms with van der Waals surface area (Å²) in [5, 5.41) is 0. The molecule has 0 aliphatic heterocycles. The first-order chi connectivity index (χ1) is 6.85. The molecule has 0 saturated heterocycles. The van der Waals surface area contributed by atoms with Crippen molar-refractivity contribution in [2.45, 2.75) is 0 Å². The number of hydrogen-bond donors (Lipinski definition) is 0. The van der Waals surface area contributed by atoms with Gasteiger partial charge in [0.2, 0.25) is 0 Å². The Labute approximate surface area is 86.5 Å². The Morgan fingerprint density at radius 2 is 1.79 bits per heavy atom. The van der Waals surface area contributed by atoms with Gasteiger partial charge in [-0.2, -0.15) is 0 Å². The van der Waals surface area contributed by atoms with Gasteiger partial charge >= 0.3 is 9.53 Å². The number of ether oxygens (including phenoxy) is 2. The van der Waals surface area contributed by atoms with E-state index in [-0.39, 0.29) is 6.79 Å². The van der Waals surface area contributed by atoms with Crippen molar-refractivity contribution in [3.63, 3.8) is 0 Å². The molecular formula is C8H17O5Si. The molecule has 0 saturated carbocycles. The van der Waals surface area contributed by atoms with Crippen LogP contribution in [0.3, 0.4) is 0 Å². The Kier molecular flexibility index (Phi) is 10.6. The lowest BCUT2D eigenvalue weighted by Crippen LogP contribution is -2.25. The van der Waals surface area contributed by atoms with Crippen molar-refractivity contribution in [2.75, 3.05) is 40.8 Å². The average Bonchev–Trinajstić information content (AvgIpc) is 2.22. The molecule has 0 aromatic heterocycles. The van der Waals surface area contributed by atoms with Crippen LogP contribution in [0, 0.1) is 0 Å². The van der Waals surface area contributed by atoms with Crippen molar-refractivity contribution in [2.24, 2.45) is 0 Å². The van der Waals surface area contributed by atoms with Crippen LogP contribution < -0.4 is 0 Å². The second-order valence-electron chi connectivity index (χ2n) is 2.19. The minimum absolute atomic E-state index is 0.160. The van der Waals surface area contributed by atoms with E-state index in [9.17, 15) is 0 Å². The highest BCUT2D eigenvalue weighted by molar-refractivity contribution is 6.36. The summed E-state index contributed by atoms with van der Waals surface area (Å²) in [6.07, 6.45) is 1.69. The smallest absolute Gasteiger partial charge is 0.375 e. The molecule has 0 heterocycles. The summed E-state index contributed by atoms with van der Waals surface area (Å²) in [5.74, 6) is 0. The van der Waals surface area contributed by atoms with Crippen LogP contribution in [0.2, 0.25) is 0 Å². The highest BCUT2D eigenvalue weighted by Crippen LogP contribution is 1.88. The van der Waals surface area contributed by atoms with Crippen LogP contribution in [-0.4, -0.2) is 50.4 Å². The van der Waals surface area contributed by atoms with Gasteiger partial charge in [-0.15, -0.1) is 6.58 Å². The largest absolute Gasteiger partial charge is 0.578 e. The van der Waals surface area contributed by atoms with E-state index in [0.717, 1.165) is 0 Å². The summed E-state index contributed by atoms with van der Waals surface area (Å²) in [6, 6.07) is 0. The first kappa shape index (κ1) is 13.8. The van der Waals surface area contributed by atoms with Crippen LogP contribution in [0.25, 0.3) is 0 Å². The third-order valence-corrected chi connectivity index (χ3v) is 2.22. The van der Waals surface area contributed by atoms with Crippen molar-refractivity contribution in [3.8, 4) is 0 Å². The van der Waals surface area contributed by atoms with Crippen molar-refractivity contribution >= 4 is 9.53 Å². The van der Waals surface area contributed by atoms with E-state index < -0.39 is 9.53 Å². The lowest BCUT2D eigenvalue weighted by molar-refractivity contribution is -0.0375.